The van der Waals surface area contributed by atoms with Crippen molar-refractivity contribution >= 4 is 21.4 Å². The van der Waals surface area contributed by atoms with Crippen LogP contribution in [0.2, 0.25) is 0 Å². The van der Waals surface area contributed by atoms with Gasteiger partial charge in [-0.15, -0.1) is 11.3 Å². The Morgan fingerprint density at radius 2 is 2.10 bits per heavy atom. The highest BCUT2D eigenvalue weighted by Crippen LogP contribution is 2.19. The number of primary sulfonamides is 1. The second-order valence-corrected chi connectivity index (χ2v) is 7.31. The van der Waals surface area contributed by atoms with Crippen LogP contribution in [0.4, 0.5) is 0 Å². The molecule has 0 aliphatic heterocycles. The Bertz CT molecular complexity index is 693. The largest absolute Gasteiger partial charge is 0.305 e. The van der Waals surface area contributed by atoms with Gasteiger partial charge in [-0.05, 0) is 48.6 Å². The van der Waals surface area contributed by atoms with E-state index in [-0.39, 0.29) is 10.9 Å². The van der Waals surface area contributed by atoms with E-state index in [1.807, 2.05) is 13.0 Å². The molecule has 0 saturated heterocycles. The number of sulfonamides is 1. The van der Waals surface area contributed by atoms with Crippen molar-refractivity contribution in [2.24, 2.45) is 5.14 Å². The van der Waals surface area contributed by atoms with Gasteiger partial charge in [0.15, 0.2) is 0 Å². The molecule has 0 bridgehead atoms. The molecule has 0 aliphatic carbocycles. The van der Waals surface area contributed by atoms with Crippen molar-refractivity contribution in [2.75, 3.05) is 0 Å². The second kappa shape index (κ2) is 6.05. The number of nitrogens with two attached hydrogens (primary N) is 1. The van der Waals surface area contributed by atoms with Gasteiger partial charge in [-0.1, -0.05) is 12.1 Å². The molecule has 1 unspecified atom stereocenters. The van der Waals surface area contributed by atoms with Crippen LogP contribution in [-0.4, -0.2) is 8.42 Å². The molecular weight excluding hydrogens is 292 g/mol. The van der Waals surface area contributed by atoms with E-state index in [2.05, 4.69) is 23.7 Å². The summed E-state index contributed by atoms with van der Waals surface area (Å²) in [6.07, 6.45) is 0. The molecule has 1 heterocycles. The number of hydrogen-bond acceptors (Lipinski definition) is 4. The monoisotopic (exact) mass is 310 g/mol. The lowest BCUT2D eigenvalue weighted by Crippen LogP contribution is -2.19. The second-order valence-electron chi connectivity index (χ2n) is 4.75. The minimum Gasteiger partial charge on any atom is -0.305 e. The summed E-state index contributed by atoms with van der Waals surface area (Å²) in [7, 11) is -3.65. The Kier molecular flexibility index (Phi) is 4.59. The summed E-state index contributed by atoms with van der Waals surface area (Å²) < 4.78 is 22.7. The average Bonchev–Trinajstić information content (AvgIpc) is 2.81. The van der Waals surface area contributed by atoms with Gasteiger partial charge >= 0.3 is 0 Å². The number of hydrogen-bond donors (Lipinski definition) is 2. The summed E-state index contributed by atoms with van der Waals surface area (Å²) >= 11 is 1.72. The van der Waals surface area contributed by atoms with Crippen LogP contribution in [0.3, 0.4) is 0 Å². The molecule has 0 amide bonds. The molecule has 3 N–H and O–H groups in total. The highest BCUT2D eigenvalue weighted by Gasteiger charge is 2.11. The van der Waals surface area contributed by atoms with Gasteiger partial charge in [0.2, 0.25) is 10.0 Å². The third kappa shape index (κ3) is 3.67. The van der Waals surface area contributed by atoms with Gasteiger partial charge in [0.1, 0.15) is 0 Å². The Balaban J connectivity index is 2.10. The van der Waals surface area contributed by atoms with E-state index in [4.69, 9.17) is 5.14 Å². The van der Waals surface area contributed by atoms with Gasteiger partial charge in [0.05, 0.1) is 4.90 Å². The molecule has 2 rings (SSSR count). The molecule has 6 heteroatoms. The van der Waals surface area contributed by atoms with E-state index < -0.39 is 10.0 Å². The molecule has 1 aromatic carbocycles. The van der Waals surface area contributed by atoms with Crippen LogP contribution < -0.4 is 10.5 Å². The highest BCUT2D eigenvalue weighted by atomic mass is 32.2. The number of thiophene rings is 1. The third-order valence-corrected chi connectivity index (χ3v) is 5.16. The summed E-state index contributed by atoms with van der Waals surface area (Å²) in [5.74, 6) is 0. The van der Waals surface area contributed by atoms with E-state index in [1.165, 1.54) is 16.5 Å². The first-order valence-corrected chi connectivity index (χ1v) is 8.69. The summed E-state index contributed by atoms with van der Waals surface area (Å²) in [5.41, 5.74) is 2.18. The maximum absolute atomic E-state index is 11.4. The SMILES string of the molecule is Cc1ccsc1CNC(C)c1cccc(S(N)(=O)=O)c1. The minimum atomic E-state index is -3.65. The molecule has 0 fully saturated rings. The Morgan fingerprint density at radius 3 is 2.70 bits per heavy atom. The first kappa shape index (κ1) is 15.2. The van der Waals surface area contributed by atoms with E-state index in [9.17, 15) is 8.42 Å². The lowest BCUT2D eigenvalue weighted by molar-refractivity contribution is 0.575. The molecule has 0 aliphatic rings. The van der Waals surface area contributed by atoms with Gasteiger partial charge in [0.25, 0.3) is 0 Å². The summed E-state index contributed by atoms with van der Waals surface area (Å²) in [6, 6.07) is 8.88. The first-order valence-electron chi connectivity index (χ1n) is 6.27. The maximum Gasteiger partial charge on any atom is 0.238 e. The Morgan fingerprint density at radius 1 is 1.35 bits per heavy atom. The zero-order chi connectivity index (χ0) is 14.8. The standard InChI is InChI=1S/C14H18N2O2S2/c1-10-6-7-19-14(10)9-16-11(2)12-4-3-5-13(8-12)20(15,17)18/h3-8,11,16H,9H2,1-2H3,(H2,15,17,18). The summed E-state index contributed by atoms with van der Waals surface area (Å²) in [4.78, 5) is 1.44. The predicted octanol–water partition coefficient (Wildman–Crippen LogP) is 2.55. The maximum atomic E-state index is 11.4. The zero-order valence-electron chi connectivity index (χ0n) is 11.5. The van der Waals surface area contributed by atoms with Gasteiger partial charge in [-0.2, -0.15) is 0 Å². The predicted molar refractivity (Wildman–Crippen MR) is 82.1 cm³/mol. The fourth-order valence-electron chi connectivity index (χ4n) is 1.91. The van der Waals surface area contributed by atoms with Crippen LogP contribution in [0.25, 0.3) is 0 Å². The molecule has 20 heavy (non-hydrogen) atoms. The summed E-state index contributed by atoms with van der Waals surface area (Å²) in [6.45, 7) is 4.86. The van der Waals surface area contributed by atoms with Crippen molar-refractivity contribution < 1.29 is 8.42 Å². The Hall–Kier alpha value is -1.21. The average molecular weight is 310 g/mol. The van der Waals surface area contributed by atoms with Crippen molar-refractivity contribution in [3.05, 3.63) is 51.7 Å². The zero-order valence-corrected chi connectivity index (χ0v) is 13.1. The quantitative estimate of drug-likeness (QED) is 0.891. The molecule has 0 radical (unpaired) electrons. The van der Waals surface area contributed by atoms with Crippen LogP contribution in [0.5, 0.6) is 0 Å². The number of aryl methyl sites for hydroxylation is 1. The smallest absolute Gasteiger partial charge is 0.238 e. The van der Waals surface area contributed by atoms with Crippen LogP contribution in [0.1, 0.15) is 29.0 Å². The lowest BCUT2D eigenvalue weighted by Gasteiger charge is -2.15. The lowest BCUT2D eigenvalue weighted by atomic mass is 10.1. The van der Waals surface area contributed by atoms with Crippen molar-refractivity contribution in [1.29, 1.82) is 0 Å². The van der Waals surface area contributed by atoms with Crippen molar-refractivity contribution in [1.82, 2.24) is 5.32 Å². The van der Waals surface area contributed by atoms with Crippen LogP contribution in [-0.2, 0) is 16.6 Å². The minimum absolute atomic E-state index is 0.0539. The first-order chi connectivity index (χ1) is 9.38. The molecule has 2 aromatic rings. The van der Waals surface area contributed by atoms with E-state index in [0.717, 1.165) is 12.1 Å². The van der Waals surface area contributed by atoms with E-state index >= 15 is 0 Å². The van der Waals surface area contributed by atoms with Crippen LogP contribution in [0, 0.1) is 6.92 Å². The van der Waals surface area contributed by atoms with E-state index in [0.29, 0.717) is 0 Å². The molecule has 0 saturated carbocycles. The fourth-order valence-corrected chi connectivity index (χ4v) is 3.34. The molecule has 1 atom stereocenters. The number of rotatable bonds is 5. The number of benzene rings is 1. The van der Waals surface area contributed by atoms with Crippen LogP contribution in [0.15, 0.2) is 40.6 Å². The Labute approximate surface area is 123 Å². The van der Waals surface area contributed by atoms with Gasteiger partial charge < -0.3 is 5.32 Å². The third-order valence-electron chi connectivity index (χ3n) is 3.22. The summed E-state index contributed by atoms with van der Waals surface area (Å²) in [5, 5.41) is 10.6. The van der Waals surface area contributed by atoms with Gasteiger partial charge in [-0.3, -0.25) is 0 Å². The topological polar surface area (TPSA) is 72.2 Å². The van der Waals surface area contributed by atoms with Crippen molar-refractivity contribution in [3.8, 4) is 0 Å². The molecule has 108 valence electrons. The fraction of sp³-hybridized carbons (Fsp3) is 0.286. The highest BCUT2D eigenvalue weighted by molar-refractivity contribution is 7.89. The van der Waals surface area contributed by atoms with Gasteiger partial charge in [-0.25, -0.2) is 13.6 Å². The molecule has 4 nitrogen and oxygen atoms in total. The van der Waals surface area contributed by atoms with Gasteiger partial charge in [0, 0.05) is 17.5 Å². The van der Waals surface area contributed by atoms with Crippen molar-refractivity contribution in [2.45, 2.75) is 31.3 Å². The molecule has 0 spiro atoms. The normalized spacial score (nSPS) is 13.3. The molecule has 1 aromatic heterocycles. The molecular formula is C14H18N2O2S2. The van der Waals surface area contributed by atoms with Crippen LogP contribution >= 0.6 is 11.3 Å². The number of nitrogens with one attached hydrogen (secondary N) is 1. The van der Waals surface area contributed by atoms with Crippen molar-refractivity contribution in [3.63, 3.8) is 0 Å². The van der Waals surface area contributed by atoms with E-state index in [1.54, 1.807) is 23.5 Å².